The van der Waals surface area contributed by atoms with E-state index in [1.807, 2.05) is 12.1 Å². The van der Waals surface area contributed by atoms with Crippen LogP contribution in [0.25, 0.3) is 0 Å². The van der Waals surface area contributed by atoms with Gasteiger partial charge < -0.3 is 4.74 Å². The lowest BCUT2D eigenvalue weighted by Gasteiger charge is -2.05. The van der Waals surface area contributed by atoms with Gasteiger partial charge in [-0.15, -0.1) is 0 Å². The molecule has 0 amide bonds. The first-order chi connectivity index (χ1) is 7.36. The molecule has 0 aliphatic carbocycles. The molecule has 0 saturated heterocycles. The highest BCUT2D eigenvalue weighted by atomic mass is 16.5. The quantitative estimate of drug-likeness (QED) is 0.663. The zero-order valence-electron chi connectivity index (χ0n) is 8.91. The van der Waals surface area contributed by atoms with Crippen LogP contribution in [-0.4, -0.2) is 6.61 Å². The first kappa shape index (κ1) is 11.6. The minimum atomic E-state index is 0.644. The molecule has 0 aliphatic rings. The normalized spacial score (nSPS) is 9.60. The van der Waals surface area contributed by atoms with Gasteiger partial charge in [-0.05, 0) is 24.6 Å². The summed E-state index contributed by atoms with van der Waals surface area (Å²) in [7, 11) is 0. The van der Waals surface area contributed by atoms with Crippen molar-refractivity contribution in [2.75, 3.05) is 6.61 Å². The fourth-order valence-corrected chi connectivity index (χ4v) is 1.30. The lowest BCUT2D eigenvalue weighted by atomic mass is 10.2. The first-order valence-electron chi connectivity index (χ1n) is 5.29. The van der Waals surface area contributed by atoms with Crippen LogP contribution < -0.4 is 4.74 Å². The summed E-state index contributed by atoms with van der Waals surface area (Å²) in [6.45, 7) is 4.50. The van der Waals surface area contributed by atoms with Crippen molar-refractivity contribution in [1.29, 1.82) is 5.26 Å². The first-order valence-corrected chi connectivity index (χ1v) is 5.29. The molecule has 79 valence electrons. The van der Waals surface area contributed by atoms with Crippen molar-refractivity contribution >= 4 is 0 Å². The van der Waals surface area contributed by atoms with Gasteiger partial charge in [0.2, 0.25) is 0 Å². The van der Waals surface area contributed by atoms with Gasteiger partial charge in [0.15, 0.2) is 0 Å². The van der Waals surface area contributed by atoms with Gasteiger partial charge in [-0.25, -0.2) is 0 Å². The van der Waals surface area contributed by atoms with E-state index < -0.39 is 0 Å². The molecule has 0 atom stereocenters. The molecule has 1 radical (unpaired) electrons. The van der Waals surface area contributed by atoms with Crippen molar-refractivity contribution < 1.29 is 4.74 Å². The highest BCUT2D eigenvalue weighted by molar-refractivity contribution is 5.36. The van der Waals surface area contributed by atoms with E-state index in [-0.39, 0.29) is 0 Å². The second-order valence-corrected chi connectivity index (χ2v) is 3.40. The molecule has 1 aromatic rings. The van der Waals surface area contributed by atoms with E-state index in [1.165, 1.54) is 0 Å². The van der Waals surface area contributed by atoms with Crippen molar-refractivity contribution in [3.05, 3.63) is 36.8 Å². The van der Waals surface area contributed by atoms with Gasteiger partial charge >= 0.3 is 0 Å². The number of rotatable bonds is 6. The van der Waals surface area contributed by atoms with Crippen LogP contribution in [0.4, 0.5) is 0 Å². The van der Waals surface area contributed by atoms with Gasteiger partial charge in [-0.2, -0.15) is 5.26 Å². The van der Waals surface area contributed by atoms with Gasteiger partial charge in [-0.3, -0.25) is 0 Å². The summed E-state index contributed by atoms with van der Waals surface area (Å²) in [4.78, 5) is 0. The Labute approximate surface area is 91.5 Å². The fraction of sp³-hybridized carbons (Fsp3) is 0.385. The topological polar surface area (TPSA) is 33.0 Å². The Balaban J connectivity index is 2.28. The molecule has 0 spiro atoms. The van der Waals surface area contributed by atoms with Gasteiger partial charge in [-0.1, -0.05) is 32.3 Å². The Kier molecular flexibility index (Phi) is 5.32. The predicted octanol–water partition coefficient (Wildman–Crippen LogP) is 3.33. The molecular weight excluding hydrogens is 186 g/mol. The Bertz CT molecular complexity index is 328. The number of hydrogen-bond acceptors (Lipinski definition) is 2. The van der Waals surface area contributed by atoms with Crippen LogP contribution in [0, 0.1) is 18.3 Å². The van der Waals surface area contributed by atoms with E-state index in [4.69, 9.17) is 10.00 Å². The maximum atomic E-state index is 8.69. The predicted molar refractivity (Wildman–Crippen MR) is 60.5 cm³/mol. The summed E-state index contributed by atoms with van der Waals surface area (Å²) in [5.41, 5.74) is 0.644. The third kappa shape index (κ3) is 4.51. The van der Waals surface area contributed by atoms with Crippen molar-refractivity contribution in [2.45, 2.75) is 25.7 Å². The third-order valence-corrected chi connectivity index (χ3v) is 2.13. The zero-order valence-corrected chi connectivity index (χ0v) is 8.91. The van der Waals surface area contributed by atoms with Crippen LogP contribution in [0.1, 0.15) is 31.2 Å². The minimum Gasteiger partial charge on any atom is -0.494 e. The monoisotopic (exact) mass is 202 g/mol. The number of benzene rings is 1. The van der Waals surface area contributed by atoms with Crippen molar-refractivity contribution in [3.8, 4) is 11.8 Å². The Morgan fingerprint density at radius 3 is 2.87 bits per heavy atom. The molecule has 0 bridgehead atoms. The Hall–Kier alpha value is -1.49. The van der Waals surface area contributed by atoms with E-state index >= 15 is 0 Å². The largest absolute Gasteiger partial charge is 0.494 e. The van der Waals surface area contributed by atoms with Crippen molar-refractivity contribution in [1.82, 2.24) is 0 Å². The molecular formula is C13H16NO. The molecule has 2 nitrogen and oxygen atoms in total. The molecule has 1 aromatic carbocycles. The van der Waals surface area contributed by atoms with Crippen LogP contribution in [0.3, 0.4) is 0 Å². The lowest BCUT2D eigenvalue weighted by molar-refractivity contribution is 0.305. The summed E-state index contributed by atoms with van der Waals surface area (Å²) >= 11 is 0. The molecule has 0 aliphatic heterocycles. The van der Waals surface area contributed by atoms with E-state index in [0.717, 1.165) is 38.0 Å². The summed E-state index contributed by atoms with van der Waals surface area (Å²) < 4.78 is 5.52. The molecule has 0 unspecified atom stereocenters. The maximum Gasteiger partial charge on any atom is 0.120 e. The van der Waals surface area contributed by atoms with Gasteiger partial charge in [0.1, 0.15) is 5.75 Å². The number of nitriles is 1. The lowest BCUT2D eigenvalue weighted by Crippen LogP contribution is -1.97. The molecule has 1 rings (SSSR count). The zero-order chi connectivity index (χ0) is 10.9. The van der Waals surface area contributed by atoms with E-state index in [2.05, 4.69) is 13.0 Å². The van der Waals surface area contributed by atoms with Crippen LogP contribution in [-0.2, 0) is 0 Å². The molecule has 15 heavy (non-hydrogen) atoms. The van der Waals surface area contributed by atoms with Crippen molar-refractivity contribution in [3.63, 3.8) is 0 Å². The number of hydrogen-bond donors (Lipinski definition) is 0. The summed E-state index contributed by atoms with van der Waals surface area (Å²) in [5.74, 6) is 0.781. The summed E-state index contributed by atoms with van der Waals surface area (Å²) in [6, 6.07) is 9.34. The SMILES string of the molecule is [CH2]CCCCCOc1cccc(C#N)c1. The van der Waals surface area contributed by atoms with E-state index in [9.17, 15) is 0 Å². The van der Waals surface area contributed by atoms with Crippen LogP contribution >= 0.6 is 0 Å². The minimum absolute atomic E-state index is 0.644. The smallest absolute Gasteiger partial charge is 0.120 e. The molecule has 2 heteroatoms. The second kappa shape index (κ2) is 6.89. The fourth-order valence-electron chi connectivity index (χ4n) is 1.30. The van der Waals surface area contributed by atoms with E-state index in [0.29, 0.717) is 5.56 Å². The highest BCUT2D eigenvalue weighted by Gasteiger charge is 1.95. The number of unbranched alkanes of at least 4 members (excludes halogenated alkanes) is 3. The average Bonchev–Trinajstić information content (AvgIpc) is 2.29. The molecule has 0 fully saturated rings. The average molecular weight is 202 g/mol. The number of ether oxygens (including phenoxy) is 1. The Morgan fingerprint density at radius 1 is 1.27 bits per heavy atom. The summed E-state index contributed by atoms with van der Waals surface area (Å²) in [6.07, 6.45) is 4.35. The molecule has 0 aromatic heterocycles. The molecule has 0 saturated carbocycles. The van der Waals surface area contributed by atoms with Crippen LogP contribution in [0.5, 0.6) is 5.75 Å². The van der Waals surface area contributed by atoms with Crippen LogP contribution in [0.15, 0.2) is 24.3 Å². The Morgan fingerprint density at radius 2 is 2.13 bits per heavy atom. The third-order valence-electron chi connectivity index (χ3n) is 2.13. The number of nitrogens with zero attached hydrogens (tertiary/aromatic N) is 1. The van der Waals surface area contributed by atoms with Gasteiger partial charge in [0.25, 0.3) is 0 Å². The molecule has 0 N–H and O–H groups in total. The highest BCUT2D eigenvalue weighted by Crippen LogP contribution is 2.13. The van der Waals surface area contributed by atoms with E-state index in [1.54, 1.807) is 12.1 Å². The van der Waals surface area contributed by atoms with Crippen molar-refractivity contribution in [2.24, 2.45) is 0 Å². The van der Waals surface area contributed by atoms with Gasteiger partial charge in [0.05, 0.1) is 18.2 Å². The second-order valence-electron chi connectivity index (χ2n) is 3.40. The van der Waals surface area contributed by atoms with Gasteiger partial charge in [0, 0.05) is 0 Å². The standard InChI is InChI=1S/C13H16NO/c1-2-3-4-5-9-15-13-8-6-7-12(10-13)11-14/h6-8,10H,1-5,9H2. The maximum absolute atomic E-state index is 8.69. The van der Waals surface area contributed by atoms with Crippen LogP contribution in [0.2, 0.25) is 0 Å². The summed E-state index contributed by atoms with van der Waals surface area (Å²) in [5, 5.41) is 8.69. The molecule has 0 heterocycles.